The Bertz CT molecular complexity index is 734. The number of benzene rings is 2. The Hall–Kier alpha value is -1.59. The van der Waals surface area contributed by atoms with Gasteiger partial charge in [-0.1, -0.05) is 40.5 Å². The highest BCUT2D eigenvalue weighted by Crippen LogP contribution is 2.32. The Morgan fingerprint density at radius 3 is 2.74 bits per heavy atom. The van der Waals surface area contributed by atoms with E-state index in [9.17, 15) is 9.18 Å². The molecule has 0 aliphatic heterocycles. The number of carbonyl (C=O) groups excluding carboxylic acids is 1. The smallest absolute Gasteiger partial charge is 0.310 e. The second-order valence-corrected chi connectivity index (χ2v) is 6.13. The lowest BCUT2D eigenvalue weighted by molar-refractivity contribution is -0.134. The summed E-state index contributed by atoms with van der Waals surface area (Å²) in [4.78, 5) is 11.5. The standard InChI is InChI=1S/C17H15BrClFO3/c1-3-17(21)23-15-6-4-5-12(18)11(15)9-22-16-8-14(20)10(2)7-13(16)19/h4-8H,3,9H2,1-2H3. The van der Waals surface area contributed by atoms with Gasteiger partial charge >= 0.3 is 5.97 Å². The van der Waals surface area contributed by atoms with E-state index in [-0.39, 0.29) is 24.7 Å². The Morgan fingerprint density at radius 2 is 2.04 bits per heavy atom. The van der Waals surface area contributed by atoms with Crippen LogP contribution in [0.3, 0.4) is 0 Å². The highest BCUT2D eigenvalue weighted by Gasteiger charge is 2.14. The van der Waals surface area contributed by atoms with Gasteiger partial charge in [-0.25, -0.2) is 4.39 Å². The molecule has 6 heteroatoms. The molecule has 2 aromatic carbocycles. The first-order valence-corrected chi connectivity index (χ1v) is 8.16. The molecule has 0 amide bonds. The maximum Gasteiger partial charge on any atom is 0.310 e. The first kappa shape index (κ1) is 17.8. The lowest BCUT2D eigenvalue weighted by Gasteiger charge is -2.14. The summed E-state index contributed by atoms with van der Waals surface area (Å²) < 4.78 is 25.3. The van der Waals surface area contributed by atoms with Crippen molar-refractivity contribution in [3.05, 3.63) is 56.8 Å². The summed E-state index contributed by atoms with van der Waals surface area (Å²) in [5.41, 5.74) is 1.09. The molecule has 0 saturated heterocycles. The van der Waals surface area contributed by atoms with E-state index < -0.39 is 5.82 Å². The largest absolute Gasteiger partial charge is 0.487 e. The highest BCUT2D eigenvalue weighted by molar-refractivity contribution is 9.10. The molecule has 0 atom stereocenters. The van der Waals surface area contributed by atoms with Crippen molar-refractivity contribution < 1.29 is 18.7 Å². The van der Waals surface area contributed by atoms with Crippen LogP contribution in [0.4, 0.5) is 4.39 Å². The van der Waals surface area contributed by atoms with Crippen LogP contribution in [0.25, 0.3) is 0 Å². The van der Waals surface area contributed by atoms with Gasteiger partial charge in [0.2, 0.25) is 0 Å². The summed E-state index contributed by atoms with van der Waals surface area (Å²) in [7, 11) is 0. The molecule has 23 heavy (non-hydrogen) atoms. The van der Waals surface area contributed by atoms with E-state index in [0.29, 0.717) is 21.9 Å². The number of ether oxygens (including phenoxy) is 2. The van der Waals surface area contributed by atoms with E-state index in [1.165, 1.54) is 12.1 Å². The molecule has 0 aliphatic carbocycles. The predicted molar refractivity (Wildman–Crippen MR) is 90.5 cm³/mol. The van der Waals surface area contributed by atoms with Crippen LogP contribution in [0.5, 0.6) is 11.5 Å². The Morgan fingerprint density at radius 1 is 1.30 bits per heavy atom. The summed E-state index contributed by atoms with van der Waals surface area (Å²) >= 11 is 9.46. The van der Waals surface area contributed by atoms with Crippen LogP contribution in [0, 0.1) is 12.7 Å². The van der Waals surface area contributed by atoms with E-state index in [1.807, 2.05) is 0 Å². The molecule has 0 saturated carbocycles. The molecule has 2 rings (SSSR count). The van der Waals surface area contributed by atoms with Crippen molar-refractivity contribution in [2.24, 2.45) is 0 Å². The summed E-state index contributed by atoms with van der Waals surface area (Å²) in [5, 5.41) is 0.322. The molecule has 0 aromatic heterocycles. The fraction of sp³-hybridized carbons (Fsp3) is 0.235. The second-order valence-electron chi connectivity index (χ2n) is 4.86. The molecule has 0 aliphatic rings. The van der Waals surface area contributed by atoms with Crippen molar-refractivity contribution in [1.29, 1.82) is 0 Å². The van der Waals surface area contributed by atoms with Gasteiger partial charge in [-0.15, -0.1) is 0 Å². The molecule has 0 N–H and O–H groups in total. The van der Waals surface area contributed by atoms with Crippen LogP contribution in [-0.4, -0.2) is 5.97 Å². The lowest BCUT2D eigenvalue weighted by atomic mass is 10.2. The van der Waals surface area contributed by atoms with Crippen molar-refractivity contribution in [3.8, 4) is 11.5 Å². The zero-order valence-corrected chi connectivity index (χ0v) is 15.0. The fourth-order valence-corrected chi connectivity index (χ4v) is 2.59. The third-order valence-electron chi connectivity index (χ3n) is 3.17. The molecule has 0 heterocycles. The predicted octanol–water partition coefficient (Wildman–Crippen LogP) is 5.44. The number of halogens is 3. The number of aryl methyl sites for hydroxylation is 1. The van der Waals surface area contributed by atoms with Crippen LogP contribution >= 0.6 is 27.5 Å². The van der Waals surface area contributed by atoms with E-state index in [0.717, 1.165) is 4.47 Å². The van der Waals surface area contributed by atoms with Crippen LogP contribution < -0.4 is 9.47 Å². The van der Waals surface area contributed by atoms with Gasteiger partial charge in [0.15, 0.2) is 0 Å². The van der Waals surface area contributed by atoms with Crippen molar-refractivity contribution in [1.82, 2.24) is 0 Å². The first-order chi connectivity index (χ1) is 10.9. The first-order valence-electron chi connectivity index (χ1n) is 6.99. The lowest BCUT2D eigenvalue weighted by Crippen LogP contribution is -2.09. The molecule has 0 spiro atoms. The van der Waals surface area contributed by atoms with Crippen LogP contribution in [0.1, 0.15) is 24.5 Å². The van der Waals surface area contributed by atoms with Gasteiger partial charge in [-0.05, 0) is 30.7 Å². The SMILES string of the molecule is CCC(=O)Oc1cccc(Br)c1COc1cc(F)c(C)cc1Cl. The monoisotopic (exact) mass is 400 g/mol. The molecule has 2 aromatic rings. The third-order valence-corrected chi connectivity index (χ3v) is 4.21. The second kappa shape index (κ2) is 7.79. The molecule has 0 fully saturated rings. The van der Waals surface area contributed by atoms with Gasteiger partial charge in [-0.3, -0.25) is 4.79 Å². The van der Waals surface area contributed by atoms with Crippen LogP contribution in [0.2, 0.25) is 5.02 Å². The number of hydrogen-bond donors (Lipinski definition) is 0. The zero-order valence-electron chi connectivity index (χ0n) is 12.7. The van der Waals surface area contributed by atoms with Gasteiger partial charge in [0.1, 0.15) is 23.9 Å². The number of hydrogen-bond acceptors (Lipinski definition) is 3. The van der Waals surface area contributed by atoms with E-state index in [4.69, 9.17) is 21.1 Å². The quantitative estimate of drug-likeness (QED) is 0.494. The average molecular weight is 402 g/mol. The van der Waals surface area contributed by atoms with Crippen molar-refractivity contribution >= 4 is 33.5 Å². The summed E-state index contributed by atoms with van der Waals surface area (Å²) in [6, 6.07) is 7.98. The Labute approximate surface area is 147 Å². The maximum atomic E-state index is 13.6. The highest BCUT2D eigenvalue weighted by atomic mass is 79.9. The summed E-state index contributed by atoms with van der Waals surface area (Å²) in [6.45, 7) is 3.42. The molecule has 0 radical (unpaired) electrons. The number of esters is 1. The van der Waals surface area contributed by atoms with Crippen LogP contribution in [0.15, 0.2) is 34.8 Å². The normalized spacial score (nSPS) is 10.5. The Balaban J connectivity index is 2.23. The topological polar surface area (TPSA) is 35.5 Å². The van der Waals surface area contributed by atoms with Gasteiger partial charge in [-0.2, -0.15) is 0 Å². The molecule has 0 unspecified atom stereocenters. The van der Waals surface area contributed by atoms with Gasteiger partial charge in [0, 0.05) is 22.5 Å². The van der Waals surface area contributed by atoms with Gasteiger partial charge < -0.3 is 9.47 Å². The van der Waals surface area contributed by atoms with Gasteiger partial charge in [0.25, 0.3) is 0 Å². The van der Waals surface area contributed by atoms with E-state index >= 15 is 0 Å². The van der Waals surface area contributed by atoms with Crippen LogP contribution in [-0.2, 0) is 11.4 Å². The minimum absolute atomic E-state index is 0.0793. The third kappa shape index (κ3) is 4.45. The van der Waals surface area contributed by atoms with Gasteiger partial charge in [0.05, 0.1) is 5.02 Å². The Kier molecular flexibility index (Phi) is 6.02. The fourth-order valence-electron chi connectivity index (χ4n) is 1.86. The molecule has 122 valence electrons. The number of rotatable bonds is 5. The minimum atomic E-state index is -0.394. The van der Waals surface area contributed by atoms with E-state index in [2.05, 4.69) is 15.9 Å². The summed E-state index contributed by atoms with van der Waals surface area (Å²) in [6.07, 6.45) is 0.266. The van der Waals surface area contributed by atoms with Crippen molar-refractivity contribution in [2.75, 3.05) is 0 Å². The number of carbonyl (C=O) groups is 1. The minimum Gasteiger partial charge on any atom is -0.487 e. The molecular formula is C17H15BrClFO3. The maximum absolute atomic E-state index is 13.6. The molecule has 3 nitrogen and oxygen atoms in total. The van der Waals surface area contributed by atoms with Crippen molar-refractivity contribution in [3.63, 3.8) is 0 Å². The molecule has 0 bridgehead atoms. The molecular weight excluding hydrogens is 387 g/mol. The average Bonchev–Trinajstić information content (AvgIpc) is 2.51. The van der Waals surface area contributed by atoms with Crippen molar-refractivity contribution in [2.45, 2.75) is 26.9 Å². The summed E-state index contributed by atoms with van der Waals surface area (Å²) in [5.74, 6) is -0.105. The zero-order chi connectivity index (χ0) is 17.0. The van der Waals surface area contributed by atoms with E-state index in [1.54, 1.807) is 32.0 Å².